The molecule has 20 heavy (non-hydrogen) atoms. The van der Waals surface area contributed by atoms with E-state index in [2.05, 4.69) is 27.3 Å². The zero-order valence-electron chi connectivity index (χ0n) is 10.7. The normalized spacial score (nSPS) is 11.5. The van der Waals surface area contributed by atoms with Gasteiger partial charge in [-0.3, -0.25) is 0 Å². The van der Waals surface area contributed by atoms with Gasteiger partial charge in [-0.2, -0.15) is 5.26 Å². The van der Waals surface area contributed by atoms with E-state index in [0.29, 0.717) is 15.8 Å². The van der Waals surface area contributed by atoms with Gasteiger partial charge in [0.2, 0.25) is 0 Å². The fourth-order valence-electron chi connectivity index (χ4n) is 1.79. The molecule has 0 spiro atoms. The number of nitrogens with one attached hydrogen (secondary N) is 1. The minimum absolute atomic E-state index is 0.348. The molecule has 0 radical (unpaired) electrons. The molecule has 0 saturated heterocycles. The Labute approximate surface area is 125 Å². The van der Waals surface area contributed by atoms with Gasteiger partial charge >= 0.3 is 0 Å². The Balaban J connectivity index is 2.27. The van der Waals surface area contributed by atoms with Gasteiger partial charge in [0.1, 0.15) is 17.6 Å². The van der Waals surface area contributed by atoms with Gasteiger partial charge in [0.25, 0.3) is 0 Å². The molecule has 0 aliphatic heterocycles. The Kier molecular flexibility index (Phi) is 4.59. The van der Waals surface area contributed by atoms with E-state index in [1.807, 2.05) is 18.2 Å². The highest BCUT2D eigenvalue weighted by Gasteiger charge is 2.14. The second-order valence-corrected chi connectivity index (χ2v) is 4.96. The number of hydrogen-bond donors (Lipinski definition) is 1. The standard InChI is InChI=1S/C15H12BrFN2O/c1-20-12-4-2-3-11(8-12)19-15(9-18)13-6-5-10(17)7-14(13)16/h2-8,15,19H,1H3. The Bertz CT molecular complexity index is 655. The summed E-state index contributed by atoms with van der Waals surface area (Å²) < 4.78 is 18.8. The first-order valence-electron chi connectivity index (χ1n) is 5.89. The van der Waals surface area contributed by atoms with Crippen molar-refractivity contribution in [1.29, 1.82) is 5.26 Å². The predicted molar refractivity (Wildman–Crippen MR) is 79.1 cm³/mol. The van der Waals surface area contributed by atoms with Crippen molar-refractivity contribution >= 4 is 21.6 Å². The molecule has 3 nitrogen and oxygen atoms in total. The molecule has 0 aliphatic rings. The molecule has 0 saturated carbocycles. The van der Waals surface area contributed by atoms with Crippen LogP contribution in [-0.4, -0.2) is 7.11 Å². The monoisotopic (exact) mass is 334 g/mol. The van der Waals surface area contributed by atoms with Crippen molar-refractivity contribution in [1.82, 2.24) is 0 Å². The molecule has 0 aromatic heterocycles. The van der Waals surface area contributed by atoms with Crippen molar-refractivity contribution in [2.45, 2.75) is 6.04 Å². The van der Waals surface area contributed by atoms with Crippen LogP contribution in [0.4, 0.5) is 10.1 Å². The summed E-state index contributed by atoms with van der Waals surface area (Å²) in [6.45, 7) is 0. The van der Waals surface area contributed by atoms with E-state index in [0.717, 1.165) is 5.69 Å². The summed E-state index contributed by atoms with van der Waals surface area (Å²) in [5, 5.41) is 12.4. The van der Waals surface area contributed by atoms with Gasteiger partial charge in [0.15, 0.2) is 0 Å². The van der Waals surface area contributed by atoms with E-state index in [1.165, 1.54) is 12.1 Å². The third kappa shape index (κ3) is 3.28. The summed E-state index contributed by atoms with van der Waals surface area (Å²) in [6, 6.07) is 13.1. The highest BCUT2D eigenvalue weighted by atomic mass is 79.9. The van der Waals surface area contributed by atoms with Crippen LogP contribution in [0, 0.1) is 17.1 Å². The van der Waals surface area contributed by atoms with Gasteiger partial charge in [0.05, 0.1) is 13.2 Å². The summed E-state index contributed by atoms with van der Waals surface area (Å²) >= 11 is 3.27. The molecule has 5 heteroatoms. The maximum atomic E-state index is 13.1. The summed E-state index contributed by atoms with van der Waals surface area (Å²) in [6.07, 6.45) is 0. The number of halogens is 2. The lowest BCUT2D eigenvalue weighted by atomic mass is 10.1. The van der Waals surface area contributed by atoms with Crippen molar-refractivity contribution in [2.24, 2.45) is 0 Å². The van der Waals surface area contributed by atoms with Crippen LogP contribution in [0.1, 0.15) is 11.6 Å². The largest absolute Gasteiger partial charge is 0.497 e. The first kappa shape index (κ1) is 14.4. The van der Waals surface area contributed by atoms with Crippen LogP contribution >= 0.6 is 15.9 Å². The number of rotatable bonds is 4. The molecule has 1 N–H and O–H groups in total. The Morgan fingerprint density at radius 3 is 2.75 bits per heavy atom. The van der Waals surface area contributed by atoms with Gasteiger partial charge < -0.3 is 10.1 Å². The lowest BCUT2D eigenvalue weighted by Crippen LogP contribution is -2.09. The maximum Gasteiger partial charge on any atom is 0.141 e. The van der Waals surface area contributed by atoms with E-state index in [4.69, 9.17) is 4.74 Å². The molecule has 2 rings (SSSR count). The fourth-order valence-corrected chi connectivity index (χ4v) is 2.37. The van der Waals surface area contributed by atoms with Crippen molar-refractivity contribution < 1.29 is 9.13 Å². The summed E-state index contributed by atoms with van der Waals surface area (Å²) in [7, 11) is 1.58. The Morgan fingerprint density at radius 2 is 2.10 bits per heavy atom. The van der Waals surface area contributed by atoms with Crippen LogP contribution in [0.25, 0.3) is 0 Å². The van der Waals surface area contributed by atoms with Crippen molar-refractivity contribution in [2.75, 3.05) is 12.4 Å². The number of benzene rings is 2. The SMILES string of the molecule is COc1cccc(NC(C#N)c2ccc(F)cc2Br)c1. The summed E-state index contributed by atoms with van der Waals surface area (Å²) in [5.41, 5.74) is 1.43. The van der Waals surface area contributed by atoms with Crippen LogP contribution in [0.3, 0.4) is 0 Å². The lowest BCUT2D eigenvalue weighted by Gasteiger charge is -2.15. The Morgan fingerprint density at radius 1 is 1.30 bits per heavy atom. The second kappa shape index (κ2) is 6.40. The smallest absolute Gasteiger partial charge is 0.141 e. The van der Waals surface area contributed by atoms with Crippen LogP contribution in [0.5, 0.6) is 5.75 Å². The van der Waals surface area contributed by atoms with Crippen LogP contribution in [0.15, 0.2) is 46.9 Å². The molecule has 2 aromatic carbocycles. The number of nitrogens with zero attached hydrogens (tertiary/aromatic N) is 1. The number of nitriles is 1. The average molecular weight is 335 g/mol. The molecule has 0 heterocycles. The zero-order valence-corrected chi connectivity index (χ0v) is 12.3. The van der Waals surface area contributed by atoms with E-state index in [1.54, 1.807) is 19.2 Å². The van der Waals surface area contributed by atoms with Crippen molar-refractivity contribution in [3.05, 3.63) is 58.3 Å². The molecule has 1 unspecified atom stereocenters. The topological polar surface area (TPSA) is 45.0 Å². The van der Waals surface area contributed by atoms with E-state index in [9.17, 15) is 9.65 Å². The van der Waals surface area contributed by atoms with Crippen LogP contribution < -0.4 is 10.1 Å². The highest BCUT2D eigenvalue weighted by Crippen LogP contribution is 2.28. The zero-order chi connectivity index (χ0) is 14.5. The van der Waals surface area contributed by atoms with Crippen LogP contribution in [0.2, 0.25) is 0 Å². The number of anilines is 1. The Hall–Kier alpha value is -2.06. The first-order valence-corrected chi connectivity index (χ1v) is 6.68. The third-order valence-electron chi connectivity index (χ3n) is 2.78. The van der Waals surface area contributed by atoms with Gasteiger partial charge in [0, 0.05) is 21.8 Å². The average Bonchev–Trinajstić information content (AvgIpc) is 2.45. The molecular weight excluding hydrogens is 323 g/mol. The quantitative estimate of drug-likeness (QED) is 0.907. The van der Waals surface area contributed by atoms with E-state index in [-0.39, 0.29) is 5.82 Å². The third-order valence-corrected chi connectivity index (χ3v) is 3.47. The molecule has 0 amide bonds. The van der Waals surface area contributed by atoms with Gasteiger partial charge in [-0.05, 0) is 24.3 Å². The van der Waals surface area contributed by atoms with E-state index < -0.39 is 6.04 Å². The first-order chi connectivity index (χ1) is 9.63. The molecule has 0 fully saturated rings. The molecule has 0 bridgehead atoms. The van der Waals surface area contributed by atoms with E-state index >= 15 is 0 Å². The minimum atomic E-state index is -0.586. The molecule has 2 aromatic rings. The summed E-state index contributed by atoms with van der Waals surface area (Å²) in [4.78, 5) is 0. The number of hydrogen-bond acceptors (Lipinski definition) is 3. The van der Waals surface area contributed by atoms with Crippen molar-refractivity contribution in [3.8, 4) is 11.8 Å². The molecule has 1 atom stereocenters. The lowest BCUT2D eigenvalue weighted by molar-refractivity contribution is 0.415. The molecular formula is C15H12BrFN2O. The summed E-state index contributed by atoms with van der Waals surface area (Å²) in [5.74, 6) is 0.351. The van der Waals surface area contributed by atoms with Crippen LogP contribution in [-0.2, 0) is 0 Å². The molecule has 102 valence electrons. The fraction of sp³-hybridized carbons (Fsp3) is 0.133. The number of ether oxygens (including phenoxy) is 1. The van der Waals surface area contributed by atoms with Gasteiger partial charge in [-0.15, -0.1) is 0 Å². The number of methoxy groups -OCH3 is 1. The molecule has 0 aliphatic carbocycles. The van der Waals surface area contributed by atoms with Gasteiger partial charge in [-0.1, -0.05) is 28.1 Å². The maximum absolute atomic E-state index is 13.1. The predicted octanol–water partition coefficient (Wildman–Crippen LogP) is 4.27. The minimum Gasteiger partial charge on any atom is -0.497 e. The second-order valence-electron chi connectivity index (χ2n) is 4.10. The highest BCUT2D eigenvalue weighted by molar-refractivity contribution is 9.10. The van der Waals surface area contributed by atoms with Gasteiger partial charge in [-0.25, -0.2) is 4.39 Å². The van der Waals surface area contributed by atoms with Crippen molar-refractivity contribution in [3.63, 3.8) is 0 Å².